The Hall–Kier alpha value is -1.16. The smallest absolute Gasteiger partial charge is 0.151 e. The first kappa shape index (κ1) is 11.0. The molecule has 92 valence electrons. The zero-order valence-corrected chi connectivity index (χ0v) is 10.3. The first-order valence-electron chi connectivity index (χ1n) is 6.67. The molecule has 2 aliphatic rings. The predicted molar refractivity (Wildman–Crippen MR) is 68.0 cm³/mol. The number of hydrogen-bond acceptors (Lipinski definition) is 4. The van der Waals surface area contributed by atoms with Crippen LogP contribution in [0.2, 0.25) is 0 Å². The molecule has 0 spiro atoms. The molecule has 1 N–H and O–H groups in total. The molecule has 1 aromatic rings. The number of nitrogens with one attached hydrogen (secondary N) is 1. The molecular weight excluding hydrogens is 212 g/mol. The minimum absolute atomic E-state index is 0.635. The summed E-state index contributed by atoms with van der Waals surface area (Å²) in [5, 5.41) is 11.9. The Morgan fingerprint density at radius 2 is 2.12 bits per heavy atom. The molecule has 3 rings (SSSR count). The van der Waals surface area contributed by atoms with Gasteiger partial charge in [-0.05, 0) is 44.7 Å². The Labute approximate surface area is 102 Å². The highest BCUT2D eigenvalue weighted by atomic mass is 15.3. The van der Waals surface area contributed by atoms with Crippen LogP contribution < -0.4 is 10.2 Å². The molecule has 2 atom stereocenters. The lowest BCUT2D eigenvalue weighted by Crippen LogP contribution is -2.48. The van der Waals surface area contributed by atoms with Gasteiger partial charge in [-0.2, -0.15) is 5.10 Å². The fourth-order valence-corrected chi connectivity index (χ4v) is 3.34. The van der Waals surface area contributed by atoms with Gasteiger partial charge >= 0.3 is 0 Å². The Morgan fingerprint density at radius 1 is 1.35 bits per heavy atom. The van der Waals surface area contributed by atoms with Crippen molar-refractivity contribution in [2.45, 2.75) is 50.7 Å². The fourth-order valence-electron chi connectivity index (χ4n) is 3.34. The Kier molecular flexibility index (Phi) is 2.97. The molecule has 0 radical (unpaired) electrons. The Morgan fingerprint density at radius 3 is 2.71 bits per heavy atom. The van der Waals surface area contributed by atoms with Crippen LogP contribution in [-0.4, -0.2) is 34.9 Å². The van der Waals surface area contributed by atoms with Crippen molar-refractivity contribution in [1.29, 1.82) is 0 Å². The lowest BCUT2D eigenvalue weighted by molar-refractivity contribution is 0.347. The molecule has 2 bridgehead atoms. The van der Waals surface area contributed by atoms with E-state index in [0.717, 1.165) is 24.4 Å². The first-order valence-corrected chi connectivity index (χ1v) is 6.67. The van der Waals surface area contributed by atoms with Gasteiger partial charge in [-0.1, -0.05) is 0 Å². The molecule has 0 aliphatic carbocycles. The van der Waals surface area contributed by atoms with Gasteiger partial charge in [0, 0.05) is 30.9 Å². The molecule has 4 nitrogen and oxygen atoms in total. The molecule has 2 fully saturated rings. The number of piperidine rings is 1. The number of rotatable bonds is 3. The predicted octanol–water partition coefficient (Wildman–Crippen LogP) is 1.59. The third-order valence-corrected chi connectivity index (χ3v) is 4.08. The highest BCUT2D eigenvalue weighted by molar-refractivity contribution is 5.38. The van der Waals surface area contributed by atoms with Gasteiger partial charge in [-0.25, -0.2) is 0 Å². The van der Waals surface area contributed by atoms with E-state index in [1.165, 1.54) is 25.7 Å². The van der Waals surface area contributed by atoms with Gasteiger partial charge in [0.1, 0.15) is 0 Å². The number of hydrogen-bond donors (Lipinski definition) is 1. The molecule has 2 aliphatic heterocycles. The third kappa shape index (κ3) is 2.14. The topological polar surface area (TPSA) is 41.1 Å². The van der Waals surface area contributed by atoms with Crippen molar-refractivity contribution in [3.8, 4) is 0 Å². The second-order valence-electron chi connectivity index (χ2n) is 5.13. The van der Waals surface area contributed by atoms with Crippen LogP contribution in [-0.2, 0) is 0 Å². The zero-order valence-electron chi connectivity index (χ0n) is 10.3. The summed E-state index contributed by atoms with van der Waals surface area (Å²) < 4.78 is 0. The SMILES string of the molecule is CCN(c1cccnn1)C1CC2CCC(C1)N2. The quantitative estimate of drug-likeness (QED) is 0.859. The van der Waals surface area contributed by atoms with Crippen molar-refractivity contribution in [3.63, 3.8) is 0 Å². The van der Waals surface area contributed by atoms with Crippen LogP contribution in [0.5, 0.6) is 0 Å². The molecule has 0 saturated carbocycles. The minimum atomic E-state index is 0.635. The zero-order chi connectivity index (χ0) is 11.7. The summed E-state index contributed by atoms with van der Waals surface area (Å²) in [5.74, 6) is 1.03. The monoisotopic (exact) mass is 232 g/mol. The van der Waals surface area contributed by atoms with Crippen LogP contribution in [0.15, 0.2) is 18.3 Å². The van der Waals surface area contributed by atoms with E-state index in [2.05, 4.69) is 33.4 Å². The molecule has 2 saturated heterocycles. The highest BCUT2D eigenvalue weighted by Gasteiger charge is 2.36. The lowest BCUT2D eigenvalue weighted by atomic mass is 9.98. The van der Waals surface area contributed by atoms with Crippen LogP contribution >= 0.6 is 0 Å². The normalized spacial score (nSPS) is 31.5. The maximum absolute atomic E-state index is 4.25. The van der Waals surface area contributed by atoms with E-state index in [0.29, 0.717) is 6.04 Å². The second-order valence-corrected chi connectivity index (χ2v) is 5.13. The summed E-state index contributed by atoms with van der Waals surface area (Å²) in [7, 11) is 0. The van der Waals surface area contributed by atoms with Crippen molar-refractivity contribution in [2.24, 2.45) is 0 Å². The molecular formula is C13H20N4. The van der Waals surface area contributed by atoms with Crippen LogP contribution in [0.4, 0.5) is 5.82 Å². The maximum atomic E-state index is 4.25. The van der Waals surface area contributed by atoms with E-state index >= 15 is 0 Å². The molecule has 1 aromatic heterocycles. The minimum Gasteiger partial charge on any atom is -0.352 e. The molecule has 0 amide bonds. The summed E-state index contributed by atoms with van der Waals surface area (Å²) in [6.45, 7) is 3.22. The van der Waals surface area contributed by atoms with Crippen molar-refractivity contribution in [1.82, 2.24) is 15.5 Å². The van der Waals surface area contributed by atoms with Crippen molar-refractivity contribution >= 4 is 5.82 Å². The van der Waals surface area contributed by atoms with Crippen LogP contribution in [0.25, 0.3) is 0 Å². The standard InChI is InChI=1S/C13H20N4/c1-2-17(13-4-3-7-14-16-13)12-8-10-5-6-11(9-12)15-10/h3-4,7,10-12,15H,2,5-6,8-9H2,1H3. The van der Waals surface area contributed by atoms with Crippen LogP contribution in [0.1, 0.15) is 32.6 Å². The van der Waals surface area contributed by atoms with E-state index in [-0.39, 0.29) is 0 Å². The fraction of sp³-hybridized carbons (Fsp3) is 0.692. The number of aromatic nitrogens is 2. The van der Waals surface area contributed by atoms with Gasteiger partial charge in [-0.15, -0.1) is 5.10 Å². The van der Waals surface area contributed by atoms with Crippen LogP contribution in [0.3, 0.4) is 0 Å². The van der Waals surface area contributed by atoms with E-state index in [1.807, 2.05) is 6.07 Å². The average molecular weight is 232 g/mol. The molecule has 3 heterocycles. The summed E-state index contributed by atoms with van der Waals surface area (Å²) in [6, 6.07) is 6.13. The van der Waals surface area contributed by atoms with Gasteiger partial charge in [0.25, 0.3) is 0 Å². The Bertz CT molecular complexity index is 355. The van der Waals surface area contributed by atoms with Crippen molar-refractivity contribution < 1.29 is 0 Å². The maximum Gasteiger partial charge on any atom is 0.151 e. The number of anilines is 1. The summed E-state index contributed by atoms with van der Waals surface area (Å²) in [6.07, 6.45) is 6.93. The van der Waals surface area contributed by atoms with E-state index in [4.69, 9.17) is 0 Å². The van der Waals surface area contributed by atoms with E-state index in [9.17, 15) is 0 Å². The molecule has 2 unspecified atom stereocenters. The summed E-state index contributed by atoms with van der Waals surface area (Å²) >= 11 is 0. The lowest BCUT2D eigenvalue weighted by Gasteiger charge is -2.37. The Balaban J connectivity index is 1.77. The second kappa shape index (κ2) is 4.61. The molecule has 0 aromatic carbocycles. The largest absolute Gasteiger partial charge is 0.352 e. The highest BCUT2D eigenvalue weighted by Crippen LogP contribution is 2.31. The molecule has 4 heteroatoms. The average Bonchev–Trinajstić information content (AvgIpc) is 2.71. The van der Waals surface area contributed by atoms with Gasteiger partial charge in [-0.3, -0.25) is 0 Å². The van der Waals surface area contributed by atoms with E-state index in [1.54, 1.807) is 6.20 Å². The summed E-state index contributed by atoms with van der Waals surface area (Å²) in [5.41, 5.74) is 0. The first-order chi connectivity index (χ1) is 8.36. The van der Waals surface area contributed by atoms with Crippen molar-refractivity contribution in [2.75, 3.05) is 11.4 Å². The summed E-state index contributed by atoms with van der Waals surface area (Å²) in [4.78, 5) is 2.42. The van der Waals surface area contributed by atoms with E-state index < -0.39 is 0 Å². The van der Waals surface area contributed by atoms with Crippen molar-refractivity contribution in [3.05, 3.63) is 18.3 Å². The number of nitrogens with zero attached hydrogens (tertiary/aromatic N) is 3. The van der Waals surface area contributed by atoms with Gasteiger partial charge in [0.15, 0.2) is 5.82 Å². The van der Waals surface area contributed by atoms with Gasteiger partial charge in [0.2, 0.25) is 0 Å². The van der Waals surface area contributed by atoms with Gasteiger partial charge < -0.3 is 10.2 Å². The van der Waals surface area contributed by atoms with Gasteiger partial charge in [0.05, 0.1) is 0 Å². The van der Waals surface area contributed by atoms with Crippen LogP contribution in [0, 0.1) is 0 Å². The number of fused-ring (bicyclic) bond motifs is 2. The molecule has 17 heavy (non-hydrogen) atoms. The third-order valence-electron chi connectivity index (χ3n) is 4.08.